The van der Waals surface area contributed by atoms with E-state index in [1.54, 1.807) is 6.08 Å². The molecule has 0 radical (unpaired) electrons. The molecule has 12 heavy (non-hydrogen) atoms. The number of hydrogen-bond acceptors (Lipinski definition) is 2. The quantitative estimate of drug-likeness (QED) is 0.630. The van der Waals surface area contributed by atoms with Gasteiger partial charge >= 0.3 is 0 Å². The third-order valence-corrected chi connectivity index (χ3v) is 2.44. The number of aliphatic hydroxyl groups excluding tert-OH is 2. The lowest BCUT2D eigenvalue weighted by molar-refractivity contribution is 0.130. The zero-order valence-corrected chi connectivity index (χ0v) is 7.45. The molecule has 1 saturated carbocycles. The molecule has 2 nitrogen and oxygen atoms in total. The van der Waals surface area contributed by atoms with Gasteiger partial charge in [0.15, 0.2) is 0 Å². The van der Waals surface area contributed by atoms with Crippen LogP contribution in [0, 0.1) is 5.92 Å². The van der Waals surface area contributed by atoms with Gasteiger partial charge in [0.05, 0.1) is 12.7 Å². The highest BCUT2D eigenvalue weighted by molar-refractivity contribution is 4.93. The summed E-state index contributed by atoms with van der Waals surface area (Å²) in [4.78, 5) is 0. The Morgan fingerprint density at radius 3 is 2.50 bits per heavy atom. The molecule has 0 heterocycles. The van der Waals surface area contributed by atoms with Crippen LogP contribution in [0.25, 0.3) is 0 Å². The predicted octanol–water partition coefficient (Wildman–Crippen LogP) is 1.48. The van der Waals surface area contributed by atoms with Crippen molar-refractivity contribution in [3.8, 4) is 0 Å². The third kappa shape index (κ3) is 3.37. The molecule has 1 fully saturated rings. The van der Waals surface area contributed by atoms with Gasteiger partial charge in [-0.2, -0.15) is 0 Å². The first-order chi connectivity index (χ1) is 5.83. The fraction of sp³-hybridized carbons (Fsp3) is 0.800. The monoisotopic (exact) mass is 170 g/mol. The third-order valence-electron chi connectivity index (χ3n) is 2.44. The van der Waals surface area contributed by atoms with Crippen LogP contribution in [0.5, 0.6) is 0 Å². The molecule has 0 aromatic carbocycles. The van der Waals surface area contributed by atoms with Gasteiger partial charge in [0.2, 0.25) is 0 Å². The van der Waals surface area contributed by atoms with Crippen LogP contribution in [0.3, 0.4) is 0 Å². The van der Waals surface area contributed by atoms with Crippen molar-refractivity contribution in [1.29, 1.82) is 0 Å². The Bertz CT molecular complexity index is 137. The fourth-order valence-electron chi connectivity index (χ4n) is 1.67. The molecule has 1 aliphatic rings. The van der Waals surface area contributed by atoms with E-state index in [0.29, 0.717) is 5.92 Å². The minimum Gasteiger partial charge on any atom is -0.393 e. The van der Waals surface area contributed by atoms with E-state index >= 15 is 0 Å². The first-order valence-corrected chi connectivity index (χ1v) is 4.80. The molecule has 1 unspecified atom stereocenters. The summed E-state index contributed by atoms with van der Waals surface area (Å²) in [6.45, 7) is -0.163. The van der Waals surface area contributed by atoms with Crippen LogP contribution in [-0.4, -0.2) is 22.9 Å². The largest absolute Gasteiger partial charge is 0.393 e. The molecule has 0 spiro atoms. The summed E-state index contributed by atoms with van der Waals surface area (Å²) in [5.41, 5.74) is 0. The summed E-state index contributed by atoms with van der Waals surface area (Å²) in [7, 11) is 0. The van der Waals surface area contributed by atoms with Crippen LogP contribution in [-0.2, 0) is 0 Å². The van der Waals surface area contributed by atoms with E-state index < -0.39 is 6.10 Å². The topological polar surface area (TPSA) is 40.5 Å². The van der Waals surface area contributed by atoms with Crippen molar-refractivity contribution in [1.82, 2.24) is 0 Å². The van der Waals surface area contributed by atoms with Gasteiger partial charge in [-0.25, -0.2) is 0 Å². The first-order valence-electron chi connectivity index (χ1n) is 4.80. The molecule has 0 aromatic heterocycles. The van der Waals surface area contributed by atoms with Crippen LogP contribution in [0.4, 0.5) is 0 Å². The maximum Gasteiger partial charge on any atom is 0.0951 e. The highest BCUT2D eigenvalue weighted by atomic mass is 16.3. The second kappa shape index (κ2) is 5.33. The molecule has 2 N–H and O–H groups in total. The summed E-state index contributed by atoms with van der Waals surface area (Å²) in [5, 5.41) is 17.6. The number of aliphatic hydroxyl groups is 2. The number of rotatable bonds is 3. The summed E-state index contributed by atoms with van der Waals surface area (Å²) < 4.78 is 0. The fourth-order valence-corrected chi connectivity index (χ4v) is 1.67. The summed E-state index contributed by atoms with van der Waals surface area (Å²) >= 11 is 0. The Labute approximate surface area is 73.9 Å². The molecule has 1 aliphatic carbocycles. The number of allylic oxidation sites excluding steroid dienone is 1. The van der Waals surface area contributed by atoms with Gasteiger partial charge in [-0.3, -0.25) is 0 Å². The van der Waals surface area contributed by atoms with Crippen molar-refractivity contribution in [3.63, 3.8) is 0 Å². The highest BCUT2D eigenvalue weighted by Gasteiger charge is 2.09. The molecule has 0 aromatic rings. The minimum atomic E-state index is -0.660. The molecule has 0 amide bonds. The average Bonchev–Trinajstić information content (AvgIpc) is 2.16. The van der Waals surface area contributed by atoms with Crippen molar-refractivity contribution in [2.75, 3.05) is 6.61 Å². The van der Waals surface area contributed by atoms with Gasteiger partial charge in [-0.05, 0) is 18.8 Å². The lowest BCUT2D eigenvalue weighted by Gasteiger charge is -2.17. The lowest BCUT2D eigenvalue weighted by atomic mass is 9.89. The Morgan fingerprint density at radius 1 is 1.25 bits per heavy atom. The van der Waals surface area contributed by atoms with E-state index in [2.05, 4.69) is 6.08 Å². The second-order valence-electron chi connectivity index (χ2n) is 3.53. The Morgan fingerprint density at radius 2 is 1.92 bits per heavy atom. The van der Waals surface area contributed by atoms with Gasteiger partial charge in [0.25, 0.3) is 0 Å². The normalized spacial score (nSPS) is 23.2. The van der Waals surface area contributed by atoms with Crippen molar-refractivity contribution in [2.45, 2.75) is 38.2 Å². The molecule has 0 aliphatic heterocycles. The molecule has 0 saturated heterocycles. The van der Waals surface area contributed by atoms with Gasteiger partial charge in [-0.1, -0.05) is 31.4 Å². The molecule has 70 valence electrons. The molecular weight excluding hydrogens is 152 g/mol. The van der Waals surface area contributed by atoms with E-state index in [1.165, 1.54) is 32.1 Å². The van der Waals surface area contributed by atoms with E-state index in [9.17, 15) is 0 Å². The van der Waals surface area contributed by atoms with Crippen LogP contribution in [0.2, 0.25) is 0 Å². The van der Waals surface area contributed by atoms with Gasteiger partial charge in [-0.15, -0.1) is 0 Å². The van der Waals surface area contributed by atoms with Gasteiger partial charge in [0.1, 0.15) is 0 Å². The van der Waals surface area contributed by atoms with Crippen molar-refractivity contribution < 1.29 is 10.2 Å². The molecule has 1 rings (SSSR count). The maximum absolute atomic E-state index is 9.05. The predicted molar refractivity (Wildman–Crippen MR) is 48.8 cm³/mol. The van der Waals surface area contributed by atoms with E-state index in [-0.39, 0.29) is 6.61 Å². The van der Waals surface area contributed by atoms with Crippen molar-refractivity contribution >= 4 is 0 Å². The van der Waals surface area contributed by atoms with Crippen molar-refractivity contribution in [2.24, 2.45) is 5.92 Å². The van der Waals surface area contributed by atoms with E-state index in [0.717, 1.165) is 0 Å². The maximum atomic E-state index is 9.05. The summed E-state index contributed by atoms with van der Waals surface area (Å²) in [6.07, 6.45) is 9.58. The van der Waals surface area contributed by atoms with Gasteiger partial charge < -0.3 is 10.2 Å². The zero-order chi connectivity index (χ0) is 8.81. The Balaban J connectivity index is 2.23. The molecule has 0 bridgehead atoms. The van der Waals surface area contributed by atoms with E-state index in [1.807, 2.05) is 0 Å². The summed E-state index contributed by atoms with van der Waals surface area (Å²) in [6, 6.07) is 0. The Kier molecular flexibility index (Phi) is 4.33. The van der Waals surface area contributed by atoms with Crippen molar-refractivity contribution in [3.05, 3.63) is 12.2 Å². The smallest absolute Gasteiger partial charge is 0.0951 e. The van der Waals surface area contributed by atoms with E-state index in [4.69, 9.17) is 10.2 Å². The minimum absolute atomic E-state index is 0.163. The van der Waals surface area contributed by atoms with Crippen LogP contribution >= 0.6 is 0 Å². The molecule has 1 atom stereocenters. The Hall–Kier alpha value is -0.340. The SMILES string of the molecule is OCC(O)C=CC1CCCCC1. The standard InChI is InChI=1S/C10H18O2/c11-8-10(12)7-6-9-4-2-1-3-5-9/h6-7,9-12H,1-5,8H2. The van der Waals surface area contributed by atoms with Gasteiger partial charge in [0, 0.05) is 0 Å². The lowest BCUT2D eigenvalue weighted by Crippen LogP contribution is -2.09. The van der Waals surface area contributed by atoms with Crippen LogP contribution in [0.15, 0.2) is 12.2 Å². The second-order valence-corrected chi connectivity index (χ2v) is 3.53. The zero-order valence-electron chi connectivity index (χ0n) is 7.45. The van der Waals surface area contributed by atoms with Crippen LogP contribution in [0.1, 0.15) is 32.1 Å². The molecular formula is C10H18O2. The van der Waals surface area contributed by atoms with Crippen LogP contribution < -0.4 is 0 Å². The first kappa shape index (κ1) is 9.75. The summed E-state index contributed by atoms with van der Waals surface area (Å²) in [5.74, 6) is 0.639. The highest BCUT2D eigenvalue weighted by Crippen LogP contribution is 2.24. The number of hydrogen-bond donors (Lipinski definition) is 2. The average molecular weight is 170 g/mol. The molecule has 2 heteroatoms.